The van der Waals surface area contributed by atoms with E-state index in [0.717, 1.165) is 12.1 Å². The molecule has 1 amide bonds. The Morgan fingerprint density at radius 1 is 1.07 bits per heavy atom. The number of nitrogens with zero attached hydrogens (tertiary/aromatic N) is 3. The quantitative estimate of drug-likeness (QED) is 0.328. The van der Waals surface area contributed by atoms with Gasteiger partial charge in [-0.1, -0.05) is 13.0 Å². The van der Waals surface area contributed by atoms with Gasteiger partial charge in [-0.2, -0.15) is 13.2 Å². The van der Waals surface area contributed by atoms with E-state index in [4.69, 9.17) is 4.74 Å². The molecule has 0 bridgehead atoms. The van der Waals surface area contributed by atoms with Crippen molar-refractivity contribution in [2.45, 2.75) is 24.5 Å². The Hall–Kier alpha value is -4.46. The fraction of sp³-hybridized carbons (Fsp3) is 0.231. The van der Waals surface area contributed by atoms with Crippen molar-refractivity contribution in [1.82, 2.24) is 19.9 Å². The number of alkyl halides is 3. The summed E-state index contributed by atoms with van der Waals surface area (Å²) in [6, 6.07) is 9.33. The number of carbonyl (C=O) groups is 1. The maximum absolute atomic E-state index is 13.1. The van der Waals surface area contributed by atoms with Crippen molar-refractivity contribution in [2.75, 3.05) is 18.9 Å². The normalized spacial score (nSPS) is 12.7. The van der Waals surface area contributed by atoms with Gasteiger partial charge in [0.1, 0.15) is 5.69 Å². The van der Waals surface area contributed by atoms with E-state index in [0.29, 0.717) is 28.8 Å². The third-order valence-electron chi connectivity index (χ3n) is 6.10. The number of methoxy groups -OCH3 is 1. The summed E-state index contributed by atoms with van der Waals surface area (Å²) >= 11 is 0. The van der Waals surface area contributed by atoms with Gasteiger partial charge in [0.25, 0.3) is 15.6 Å². The molecule has 0 spiro atoms. The number of fused-ring (bicyclic) bond motifs is 1. The van der Waals surface area contributed by atoms with Gasteiger partial charge < -0.3 is 10.1 Å². The van der Waals surface area contributed by atoms with Crippen LogP contribution in [-0.4, -0.2) is 43.0 Å². The van der Waals surface area contributed by atoms with Crippen LogP contribution >= 0.6 is 0 Å². The Balaban J connectivity index is 1.69. The summed E-state index contributed by atoms with van der Waals surface area (Å²) in [7, 11) is -1.52. The van der Waals surface area contributed by atoms with Crippen molar-refractivity contribution in [2.24, 2.45) is 5.92 Å². The van der Waals surface area contributed by atoms with E-state index in [9.17, 15) is 31.2 Å². The second kappa shape index (κ2) is 11.0. The van der Waals surface area contributed by atoms with Crippen LogP contribution in [0.15, 0.2) is 70.7 Å². The number of ether oxygens (including phenoxy) is 1. The highest BCUT2D eigenvalue weighted by atomic mass is 32.2. The lowest BCUT2D eigenvalue weighted by Gasteiger charge is -2.14. The van der Waals surface area contributed by atoms with Crippen LogP contribution in [0.4, 0.5) is 18.9 Å². The van der Waals surface area contributed by atoms with Crippen LogP contribution in [-0.2, 0) is 27.5 Å². The first-order valence-corrected chi connectivity index (χ1v) is 13.3. The number of halogens is 3. The van der Waals surface area contributed by atoms with Crippen molar-refractivity contribution in [1.29, 1.82) is 0 Å². The third-order valence-corrected chi connectivity index (χ3v) is 7.48. The summed E-state index contributed by atoms with van der Waals surface area (Å²) in [6.45, 7) is 1.80. The topological polar surface area (TPSA) is 132 Å². The molecule has 1 unspecified atom stereocenters. The Morgan fingerprint density at radius 2 is 1.77 bits per heavy atom. The predicted octanol–water partition coefficient (Wildman–Crippen LogP) is 3.67. The Labute approximate surface area is 226 Å². The molecule has 2 aromatic heterocycles. The highest BCUT2D eigenvalue weighted by Gasteiger charge is 2.31. The lowest BCUT2D eigenvalue weighted by atomic mass is 10.0. The number of pyridine rings is 1. The first-order valence-electron chi connectivity index (χ1n) is 11.8. The number of hydrogen-bond acceptors (Lipinski definition) is 7. The van der Waals surface area contributed by atoms with Crippen LogP contribution in [0.5, 0.6) is 5.88 Å². The number of benzene rings is 2. The highest BCUT2D eigenvalue weighted by molar-refractivity contribution is 7.92. The summed E-state index contributed by atoms with van der Waals surface area (Å²) in [5.74, 6) is -0.778. The molecule has 0 saturated carbocycles. The molecule has 2 heterocycles. The van der Waals surface area contributed by atoms with Crippen LogP contribution < -0.4 is 20.3 Å². The van der Waals surface area contributed by atoms with Crippen LogP contribution in [0, 0.1) is 5.92 Å². The summed E-state index contributed by atoms with van der Waals surface area (Å²) in [6.07, 6.45) is -1.83. The third kappa shape index (κ3) is 5.91. The van der Waals surface area contributed by atoms with Crippen LogP contribution in [0.25, 0.3) is 22.0 Å². The maximum Gasteiger partial charge on any atom is 0.416 e. The molecule has 0 radical (unpaired) electrons. The lowest BCUT2D eigenvalue weighted by molar-refractivity contribution is -0.137. The maximum atomic E-state index is 13.1. The van der Waals surface area contributed by atoms with E-state index in [-0.39, 0.29) is 35.0 Å². The zero-order valence-electron chi connectivity index (χ0n) is 21.5. The minimum Gasteiger partial charge on any atom is -0.480 e. The van der Waals surface area contributed by atoms with E-state index in [2.05, 4.69) is 20.0 Å². The minimum absolute atomic E-state index is 0.0667. The van der Waals surface area contributed by atoms with E-state index >= 15 is 0 Å². The SMILES string of the molecule is CNC(=O)C(C)Cn1cnc2ccc(-c3cnc(OC)c(NS(=O)(=O)c4ccc(C(F)(F)F)cc4)c3)cc2c1=O. The fourth-order valence-corrected chi connectivity index (χ4v) is 5.01. The first-order chi connectivity index (χ1) is 18.8. The largest absolute Gasteiger partial charge is 0.480 e. The standard InChI is InChI=1S/C26H24F3N5O5S/c1-15(23(35)30-2)13-34-14-32-21-9-4-16(10-20(21)25(34)36)17-11-22(24(39-3)31-12-17)33-40(37,38)19-7-5-18(6-8-19)26(27,28)29/h4-12,14-15,33H,13H2,1-3H3,(H,30,35). The summed E-state index contributed by atoms with van der Waals surface area (Å²) in [5, 5.41) is 2.81. The molecular formula is C26H24F3N5O5S. The summed E-state index contributed by atoms with van der Waals surface area (Å²) in [5.41, 5.74) is -0.0757. The molecule has 0 aliphatic heterocycles. The molecule has 4 rings (SSSR count). The van der Waals surface area contributed by atoms with Crippen molar-refractivity contribution < 1.29 is 31.1 Å². The molecule has 40 heavy (non-hydrogen) atoms. The summed E-state index contributed by atoms with van der Waals surface area (Å²) < 4.78 is 73.3. The van der Waals surface area contributed by atoms with E-state index < -0.39 is 32.6 Å². The van der Waals surface area contributed by atoms with Gasteiger partial charge in [-0.25, -0.2) is 18.4 Å². The zero-order valence-corrected chi connectivity index (χ0v) is 22.3. The van der Waals surface area contributed by atoms with Crippen molar-refractivity contribution in [3.63, 3.8) is 0 Å². The average molecular weight is 576 g/mol. The molecule has 0 saturated heterocycles. The van der Waals surface area contributed by atoms with E-state index in [1.807, 2.05) is 0 Å². The number of nitrogens with one attached hydrogen (secondary N) is 2. The smallest absolute Gasteiger partial charge is 0.416 e. The van der Waals surface area contributed by atoms with Gasteiger partial charge in [-0.3, -0.25) is 18.9 Å². The average Bonchev–Trinajstić information content (AvgIpc) is 2.93. The van der Waals surface area contributed by atoms with Gasteiger partial charge in [0.15, 0.2) is 0 Å². The van der Waals surface area contributed by atoms with Crippen LogP contribution in [0.3, 0.4) is 0 Å². The molecule has 4 aromatic rings. The number of hydrogen-bond donors (Lipinski definition) is 2. The predicted molar refractivity (Wildman–Crippen MR) is 141 cm³/mol. The van der Waals surface area contributed by atoms with Gasteiger partial charge >= 0.3 is 6.18 Å². The number of carbonyl (C=O) groups excluding carboxylic acids is 1. The van der Waals surface area contributed by atoms with Gasteiger partial charge in [-0.05, 0) is 48.0 Å². The van der Waals surface area contributed by atoms with Crippen molar-refractivity contribution >= 4 is 32.5 Å². The Kier molecular flexibility index (Phi) is 7.82. The molecule has 210 valence electrons. The fourth-order valence-electron chi connectivity index (χ4n) is 3.97. The zero-order chi connectivity index (χ0) is 29.2. The van der Waals surface area contributed by atoms with Crippen LogP contribution in [0.2, 0.25) is 0 Å². The van der Waals surface area contributed by atoms with E-state index in [1.54, 1.807) is 25.1 Å². The van der Waals surface area contributed by atoms with Crippen molar-refractivity contribution in [3.8, 4) is 17.0 Å². The molecule has 2 N–H and O–H groups in total. The van der Waals surface area contributed by atoms with Gasteiger partial charge in [0.2, 0.25) is 11.8 Å². The second-order valence-corrected chi connectivity index (χ2v) is 10.5. The Bertz CT molecular complexity index is 1740. The first kappa shape index (κ1) is 28.5. The molecular weight excluding hydrogens is 551 g/mol. The molecule has 0 fully saturated rings. The van der Waals surface area contributed by atoms with E-state index in [1.165, 1.54) is 37.3 Å². The highest BCUT2D eigenvalue weighted by Crippen LogP contribution is 2.32. The second-order valence-electron chi connectivity index (χ2n) is 8.86. The minimum atomic E-state index is -4.61. The molecule has 1 atom stereocenters. The number of anilines is 1. The monoisotopic (exact) mass is 575 g/mol. The van der Waals surface area contributed by atoms with Crippen LogP contribution in [0.1, 0.15) is 12.5 Å². The molecule has 2 aromatic carbocycles. The van der Waals surface area contributed by atoms with Gasteiger partial charge in [-0.15, -0.1) is 0 Å². The molecule has 10 nitrogen and oxygen atoms in total. The Morgan fingerprint density at radius 3 is 2.40 bits per heavy atom. The molecule has 0 aliphatic carbocycles. The van der Waals surface area contributed by atoms with Crippen molar-refractivity contribution in [3.05, 3.63) is 77.0 Å². The van der Waals surface area contributed by atoms with Gasteiger partial charge in [0.05, 0.1) is 40.7 Å². The number of rotatable bonds is 8. The molecule has 0 aliphatic rings. The van der Waals surface area contributed by atoms with Gasteiger partial charge in [0, 0.05) is 25.4 Å². The molecule has 14 heteroatoms. The number of amides is 1. The summed E-state index contributed by atoms with van der Waals surface area (Å²) in [4.78, 5) is 33.1. The lowest BCUT2D eigenvalue weighted by Crippen LogP contribution is -2.32. The number of aromatic nitrogens is 3. The number of sulfonamides is 1.